The predicted octanol–water partition coefficient (Wildman–Crippen LogP) is 1.38. The van der Waals surface area contributed by atoms with Gasteiger partial charge in [0, 0.05) is 14.2 Å². The fraction of sp³-hybridized carbons (Fsp3) is 0.800. The van der Waals surface area contributed by atoms with Gasteiger partial charge < -0.3 is 15.2 Å². The molecule has 0 saturated carbocycles. The van der Waals surface area contributed by atoms with Crippen LogP contribution in [0.4, 0.5) is 4.79 Å². The number of carbonyl (C=O) groups excluding carboxylic acids is 1. The lowest BCUT2D eigenvalue weighted by Crippen LogP contribution is -2.45. The molecule has 0 saturated heterocycles. The molecule has 0 radical (unpaired) electrons. The molecule has 0 rings (SSSR count). The smallest absolute Gasteiger partial charge is 0.474 e. The maximum atomic E-state index is 11.6. The van der Waals surface area contributed by atoms with Gasteiger partial charge in [-0.2, -0.15) is 0 Å². The molecule has 0 aliphatic carbocycles. The molecule has 0 heterocycles. The second-order valence-electron chi connectivity index (χ2n) is 4.65. The summed E-state index contributed by atoms with van der Waals surface area (Å²) in [6.07, 6.45) is -0.932. The molecule has 0 aromatic carbocycles. The van der Waals surface area contributed by atoms with Crippen LogP contribution in [-0.4, -0.2) is 49.6 Å². The van der Waals surface area contributed by atoms with Gasteiger partial charge in [0.05, 0.1) is 6.61 Å². The van der Waals surface area contributed by atoms with E-state index in [1.165, 1.54) is 0 Å². The second-order valence-corrected chi connectivity index (χ2v) is 6.53. The zero-order valence-electron chi connectivity index (χ0n) is 12.0. The molecule has 0 fully saturated rings. The Morgan fingerprint density at radius 3 is 2.10 bits per heavy atom. The number of hydrogen-bond acceptors (Lipinski definition) is 7. The van der Waals surface area contributed by atoms with Crippen molar-refractivity contribution in [2.45, 2.75) is 32.4 Å². The minimum absolute atomic E-state index is 0.604. The number of carbonyl (C=O) groups is 2. The van der Waals surface area contributed by atoms with Crippen molar-refractivity contribution in [1.29, 1.82) is 0 Å². The monoisotopic (exact) mass is 313 g/mol. The van der Waals surface area contributed by atoms with Crippen LogP contribution in [0.25, 0.3) is 0 Å². The van der Waals surface area contributed by atoms with Crippen LogP contribution in [0.1, 0.15) is 20.8 Å². The number of nitrogens with one attached hydrogen (secondary N) is 1. The van der Waals surface area contributed by atoms with Crippen molar-refractivity contribution in [3.05, 3.63) is 0 Å². The van der Waals surface area contributed by atoms with Gasteiger partial charge in [0.1, 0.15) is 5.60 Å². The first-order valence-corrected chi connectivity index (χ1v) is 7.07. The molecule has 0 aliphatic heterocycles. The number of hydrogen-bond donors (Lipinski definition) is 2. The molecule has 2 N–H and O–H groups in total. The molecule has 0 spiro atoms. The van der Waals surface area contributed by atoms with Crippen molar-refractivity contribution < 1.29 is 37.6 Å². The van der Waals surface area contributed by atoms with E-state index < -0.39 is 38.1 Å². The van der Waals surface area contributed by atoms with Gasteiger partial charge >= 0.3 is 19.9 Å². The number of aliphatic carboxylic acids is 1. The number of alkyl carbamates (subject to hydrolysis) is 1. The third-order valence-electron chi connectivity index (χ3n) is 1.84. The van der Waals surface area contributed by atoms with Gasteiger partial charge in [0.25, 0.3) is 0 Å². The van der Waals surface area contributed by atoms with Gasteiger partial charge in [-0.1, -0.05) is 0 Å². The normalized spacial score (nSPS) is 13.7. The van der Waals surface area contributed by atoms with E-state index in [1.54, 1.807) is 20.8 Å². The summed E-state index contributed by atoms with van der Waals surface area (Å²) in [6, 6.07) is -1.46. The Kier molecular flexibility index (Phi) is 7.15. The number of carboxylic acid groups (broad SMARTS) is 1. The van der Waals surface area contributed by atoms with E-state index in [0.717, 1.165) is 14.2 Å². The van der Waals surface area contributed by atoms with Crippen LogP contribution in [0.5, 0.6) is 0 Å². The number of phosphoric ester groups is 1. The van der Waals surface area contributed by atoms with Crippen LogP contribution in [-0.2, 0) is 27.7 Å². The Morgan fingerprint density at radius 2 is 1.75 bits per heavy atom. The standard InChI is InChI=1S/C10H20NO8P/c1-10(2,3)19-9(14)11-7(8(12)13)6-18-20(15,16-4)17-5/h7H,6H2,1-5H3,(H,11,14)(H,12,13)/t7-/m0/s1. The first-order valence-electron chi connectivity index (χ1n) is 5.61. The van der Waals surface area contributed by atoms with E-state index in [4.69, 9.17) is 14.4 Å². The van der Waals surface area contributed by atoms with Crippen molar-refractivity contribution in [3.8, 4) is 0 Å². The van der Waals surface area contributed by atoms with Gasteiger partial charge in [0.2, 0.25) is 0 Å². The lowest BCUT2D eigenvalue weighted by Gasteiger charge is -2.22. The van der Waals surface area contributed by atoms with Crippen LogP contribution in [0.2, 0.25) is 0 Å². The van der Waals surface area contributed by atoms with Gasteiger partial charge in [-0.05, 0) is 20.8 Å². The summed E-state index contributed by atoms with van der Waals surface area (Å²) in [5, 5.41) is 11.0. The van der Waals surface area contributed by atoms with E-state index in [0.29, 0.717) is 0 Å². The topological polar surface area (TPSA) is 120 Å². The molecular formula is C10H20NO8P. The SMILES string of the molecule is COP(=O)(OC)OC[C@H](NC(=O)OC(C)(C)C)C(=O)O. The van der Waals surface area contributed by atoms with Crippen LogP contribution < -0.4 is 5.32 Å². The average Bonchev–Trinajstić information content (AvgIpc) is 2.31. The van der Waals surface area contributed by atoms with E-state index in [1.807, 2.05) is 0 Å². The molecule has 0 aromatic rings. The largest absolute Gasteiger partial charge is 0.480 e. The zero-order valence-corrected chi connectivity index (χ0v) is 12.9. The fourth-order valence-corrected chi connectivity index (χ4v) is 1.66. The summed E-state index contributed by atoms with van der Waals surface area (Å²) in [4.78, 5) is 22.4. The van der Waals surface area contributed by atoms with Crippen LogP contribution in [0.15, 0.2) is 0 Å². The summed E-state index contributed by atoms with van der Waals surface area (Å²) in [5.74, 6) is -1.38. The quantitative estimate of drug-likeness (QED) is 0.676. The lowest BCUT2D eigenvalue weighted by molar-refractivity contribution is -0.140. The fourth-order valence-electron chi connectivity index (χ4n) is 0.970. The third-order valence-corrected chi connectivity index (χ3v) is 3.20. The molecule has 0 aliphatic rings. The molecule has 1 amide bonds. The highest BCUT2D eigenvalue weighted by atomic mass is 31.2. The summed E-state index contributed by atoms with van der Waals surface area (Å²) < 4.78 is 30.2. The lowest BCUT2D eigenvalue weighted by atomic mass is 10.2. The maximum Gasteiger partial charge on any atom is 0.474 e. The number of carboxylic acids is 1. The van der Waals surface area contributed by atoms with E-state index in [9.17, 15) is 14.2 Å². The summed E-state index contributed by atoms with van der Waals surface area (Å²) >= 11 is 0. The Hall–Kier alpha value is -1.15. The van der Waals surface area contributed by atoms with Crippen molar-refractivity contribution in [1.82, 2.24) is 5.32 Å². The first kappa shape index (κ1) is 18.9. The highest BCUT2D eigenvalue weighted by Gasteiger charge is 2.29. The molecule has 118 valence electrons. The van der Waals surface area contributed by atoms with E-state index >= 15 is 0 Å². The molecule has 10 heteroatoms. The van der Waals surface area contributed by atoms with E-state index in [-0.39, 0.29) is 0 Å². The number of rotatable bonds is 7. The molecule has 20 heavy (non-hydrogen) atoms. The molecular weight excluding hydrogens is 293 g/mol. The van der Waals surface area contributed by atoms with Gasteiger partial charge in [-0.3, -0.25) is 13.6 Å². The van der Waals surface area contributed by atoms with Crippen molar-refractivity contribution in [3.63, 3.8) is 0 Å². The number of phosphoric acid groups is 1. The van der Waals surface area contributed by atoms with E-state index in [2.05, 4.69) is 14.4 Å². The van der Waals surface area contributed by atoms with Crippen LogP contribution in [0, 0.1) is 0 Å². The number of ether oxygens (including phenoxy) is 1. The van der Waals surface area contributed by atoms with Crippen LogP contribution >= 0.6 is 7.82 Å². The van der Waals surface area contributed by atoms with Gasteiger partial charge in [-0.15, -0.1) is 0 Å². The molecule has 0 bridgehead atoms. The Morgan fingerprint density at radius 1 is 1.25 bits per heavy atom. The second kappa shape index (κ2) is 7.58. The average molecular weight is 313 g/mol. The summed E-state index contributed by atoms with van der Waals surface area (Å²) in [5.41, 5.74) is -0.775. The van der Waals surface area contributed by atoms with Gasteiger partial charge in [-0.25, -0.2) is 14.2 Å². The number of amides is 1. The minimum atomic E-state index is -3.81. The Labute approximate surface area is 117 Å². The van der Waals surface area contributed by atoms with Crippen molar-refractivity contribution in [2.24, 2.45) is 0 Å². The van der Waals surface area contributed by atoms with Gasteiger partial charge in [0.15, 0.2) is 6.04 Å². The predicted molar refractivity (Wildman–Crippen MR) is 68.4 cm³/mol. The highest BCUT2D eigenvalue weighted by molar-refractivity contribution is 7.48. The minimum Gasteiger partial charge on any atom is -0.480 e. The van der Waals surface area contributed by atoms with Crippen molar-refractivity contribution >= 4 is 19.9 Å². The molecule has 0 aromatic heterocycles. The maximum absolute atomic E-state index is 11.6. The van der Waals surface area contributed by atoms with Crippen molar-refractivity contribution in [2.75, 3.05) is 20.8 Å². The zero-order chi connectivity index (χ0) is 16.0. The molecule has 0 unspecified atom stereocenters. The summed E-state index contributed by atoms with van der Waals surface area (Å²) in [7, 11) is -1.65. The molecule has 9 nitrogen and oxygen atoms in total. The van der Waals surface area contributed by atoms with Crippen LogP contribution in [0.3, 0.4) is 0 Å². The summed E-state index contributed by atoms with van der Waals surface area (Å²) in [6.45, 7) is 4.28. The first-order chi connectivity index (χ1) is 9.03. The highest BCUT2D eigenvalue weighted by Crippen LogP contribution is 2.47. The molecule has 1 atom stereocenters. The third kappa shape index (κ3) is 7.44. The Balaban J connectivity index is 4.57. The Bertz CT molecular complexity index is 383.